The Labute approximate surface area is 160 Å². The van der Waals surface area contributed by atoms with E-state index in [9.17, 15) is 4.79 Å². The zero-order valence-corrected chi connectivity index (χ0v) is 15.9. The molecule has 0 saturated heterocycles. The van der Waals surface area contributed by atoms with Crippen molar-refractivity contribution in [1.82, 2.24) is 5.32 Å². The van der Waals surface area contributed by atoms with Crippen LogP contribution in [0.15, 0.2) is 66.7 Å². The Kier molecular flexibility index (Phi) is 5.97. The van der Waals surface area contributed by atoms with Crippen molar-refractivity contribution in [3.8, 4) is 11.5 Å². The summed E-state index contributed by atoms with van der Waals surface area (Å²) in [5, 5.41) is 5.15. The monoisotopic (exact) mass is 363 g/mol. The van der Waals surface area contributed by atoms with Crippen LogP contribution in [0.3, 0.4) is 0 Å². The first-order valence-corrected chi connectivity index (χ1v) is 9.21. The fourth-order valence-electron chi connectivity index (χ4n) is 3.06. The maximum absolute atomic E-state index is 12.8. The molecule has 27 heavy (non-hydrogen) atoms. The average molecular weight is 363 g/mol. The van der Waals surface area contributed by atoms with Gasteiger partial charge in [0.05, 0.1) is 13.2 Å². The number of hydrogen-bond donors (Lipinski definition) is 1. The van der Waals surface area contributed by atoms with E-state index < -0.39 is 6.10 Å². The molecule has 0 heterocycles. The second-order valence-electron chi connectivity index (χ2n) is 6.50. The van der Waals surface area contributed by atoms with Gasteiger partial charge >= 0.3 is 0 Å². The molecule has 0 unspecified atom stereocenters. The van der Waals surface area contributed by atoms with Crippen LogP contribution in [0.5, 0.6) is 11.5 Å². The van der Waals surface area contributed by atoms with Crippen LogP contribution in [0.4, 0.5) is 0 Å². The molecule has 0 radical (unpaired) electrons. The number of nitrogens with one attached hydrogen (secondary N) is 1. The zero-order chi connectivity index (χ0) is 19.2. The Bertz CT molecular complexity index is 900. The van der Waals surface area contributed by atoms with Gasteiger partial charge in [-0.3, -0.25) is 4.79 Å². The Balaban J connectivity index is 1.71. The lowest BCUT2D eigenvalue weighted by molar-refractivity contribution is -0.128. The van der Waals surface area contributed by atoms with E-state index >= 15 is 0 Å². The van der Waals surface area contributed by atoms with Gasteiger partial charge in [0.2, 0.25) is 0 Å². The fraction of sp³-hybridized carbons (Fsp3) is 0.261. The number of hydrogen-bond acceptors (Lipinski definition) is 3. The molecule has 140 valence electrons. The second-order valence-corrected chi connectivity index (χ2v) is 6.50. The number of carbonyl (C=O) groups is 1. The number of amides is 1. The highest BCUT2D eigenvalue weighted by atomic mass is 16.5. The van der Waals surface area contributed by atoms with Crippen molar-refractivity contribution in [1.29, 1.82) is 0 Å². The van der Waals surface area contributed by atoms with Gasteiger partial charge in [-0.15, -0.1) is 0 Å². The number of carbonyl (C=O) groups excluding carboxylic acids is 1. The number of ether oxygens (including phenoxy) is 2. The molecule has 0 spiro atoms. The molecule has 4 heteroatoms. The van der Waals surface area contributed by atoms with Gasteiger partial charge in [-0.25, -0.2) is 0 Å². The minimum Gasteiger partial charge on any atom is -0.497 e. The first-order valence-electron chi connectivity index (χ1n) is 9.21. The van der Waals surface area contributed by atoms with Gasteiger partial charge in [-0.1, -0.05) is 55.5 Å². The number of methoxy groups -OCH3 is 1. The predicted octanol–water partition coefficient (Wildman–Crippen LogP) is 4.88. The van der Waals surface area contributed by atoms with Gasteiger partial charge in [-0.05, 0) is 42.5 Å². The third kappa shape index (κ3) is 4.40. The number of benzene rings is 3. The van der Waals surface area contributed by atoms with Gasteiger partial charge in [-0.2, -0.15) is 0 Å². The molecule has 3 aromatic rings. The molecule has 1 amide bonds. The van der Waals surface area contributed by atoms with Crippen LogP contribution in [-0.4, -0.2) is 19.1 Å². The highest BCUT2D eigenvalue weighted by molar-refractivity contribution is 5.89. The van der Waals surface area contributed by atoms with E-state index in [1.54, 1.807) is 7.11 Å². The van der Waals surface area contributed by atoms with Crippen molar-refractivity contribution >= 4 is 16.7 Å². The maximum Gasteiger partial charge on any atom is 0.261 e. The van der Waals surface area contributed by atoms with Crippen LogP contribution >= 0.6 is 0 Å². The van der Waals surface area contributed by atoms with Crippen LogP contribution in [0, 0.1) is 0 Å². The van der Waals surface area contributed by atoms with E-state index in [1.807, 2.05) is 80.6 Å². The highest BCUT2D eigenvalue weighted by Crippen LogP contribution is 2.27. The van der Waals surface area contributed by atoms with Crippen molar-refractivity contribution < 1.29 is 14.3 Å². The highest BCUT2D eigenvalue weighted by Gasteiger charge is 2.21. The average Bonchev–Trinajstić information content (AvgIpc) is 2.72. The Hall–Kier alpha value is -3.01. The third-order valence-corrected chi connectivity index (χ3v) is 4.66. The molecule has 0 aromatic heterocycles. The summed E-state index contributed by atoms with van der Waals surface area (Å²) in [5.41, 5.74) is 1.02. The normalized spacial score (nSPS) is 13.0. The van der Waals surface area contributed by atoms with Crippen molar-refractivity contribution in [2.24, 2.45) is 0 Å². The van der Waals surface area contributed by atoms with Gasteiger partial charge in [0.25, 0.3) is 5.91 Å². The van der Waals surface area contributed by atoms with E-state index in [0.29, 0.717) is 6.42 Å². The number of rotatable bonds is 7. The summed E-state index contributed by atoms with van der Waals surface area (Å²) in [5.74, 6) is 1.41. The molecule has 3 aromatic carbocycles. The third-order valence-electron chi connectivity index (χ3n) is 4.66. The summed E-state index contributed by atoms with van der Waals surface area (Å²) in [6, 6.07) is 21.5. The molecule has 0 fully saturated rings. The molecule has 0 saturated carbocycles. The van der Waals surface area contributed by atoms with E-state index in [4.69, 9.17) is 9.47 Å². The molecule has 0 aliphatic heterocycles. The van der Waals surface area contributed by atoms with Gasteiger partial charge in [0.15, 0.2) is 6.10 Å². The predicted molar refractivity (Wildman–Crippen MR) is 108 cm³/mol. The van der Waals surface area contributed by atoms with Crippen molar-refractivity contribution in [3.63, 3.8) is 0 Å². The van der Waals surface area contributed by atoms with Crippen molar-refractivity contribution in [3.05, 3.63) is 72.3 Å². The summed E-state index contributed by atoms with van der Waals surface area (Å²) in [4.78, 5) is 12.8. The molecule has 0 aliphatic carbocycles. The van der Waals surface area contributed by atoms with Crippen LogP contribution in [0.25, 0.3) is 10.8 Å². The van der Waals surface area contributed by atoms with Gasteiger partial charge in [0.1, 0.15) is 11.5 Å². The van der Waals surface area contributed by atoms with Crippen LogP contribution < -0.4 is 14.8 Å². The van der Waals surface area contributed by atoms with Gasteiger partial charge < -0.3 is 14.8 Å². The molecule has 4 nitrogen and oxygen atoms in total. The van der Waals surface area contributed by atoms with Crippen LogP contribution in [-0.2, 0) is 4.79 Å². The Morgan fingerprint density at radius 3 is 2.41 bits per heavy atom. The molecular formula is C23H25NO3. The largest absolute Gasteiger partial charge is 0.497 e. The topological polar surface area (TPSA) is 47.6 Å². The molecule has 2 atom stereocenters. The SMILES string of the molecule is CC[C@@H](Oc1cccc2ccccc12)C(=O)N[C@@H](C)c1ccc(OC)cc1. The van der Waals surface area contributed by atoms with E-state index in [2.05, 4.69) is 5.32 Å². The minimum atomic E-state index is -0.545. The fourth-order valence-corrected chi connectivity index (χ4v) is 3.06. The smallest absolute Gasteiger partial charge is 0.261 e. The van der Waals surface area contributed by atoms with E-state index in [-0.39, 0.29) is 11.9 Å². The van der Waals surface area contributed by atoms with E-state index in [0.717, 1.165) is 27.8 Å². The molecule has 0 aliphatic rings. The van der Waals surface area contributed by atoms with Gasteiger partial charge in [0, 0.05) is 5.39 Å². The summed E-state index contributed by atoms with van der Waals surface area (Å²) in [6.07, 6.45) is 0.0428. The Morgan fingerprint density at radius 1 is 1.00 bits per heavy atom. The molecular weight excluding hydrogens is 338 g/mol. The second kappa shape index (κ2) is 8.58. The van der Waals surface area contributed by atoms with E-state index in [1.165, 1.54) is 0 Å². The van der Waals surface area contributed by atoms with Crippen LogP contribution in [0.2, 0.25) is 0 Å². The lowest BCUT2D eigenvalue weighted by atomic mass is 10.1. The lowest BCUT2D eigenvalue weighted by Gasteiger charge is -2.21. The van der Waals surface area contributed by atoms with Crippen molar-refractivity contribution in [2.45, 2.75) is 32.4 Å². The number of fused-ring (bicyclic) bond motifs is 1. The first-order chi connectivity index (χ1) is 13.1. The standard InChI is InChI=1S/C23H25NO3/c1-4-21(27-22-11-7-9-18-8-5-6-10-20(18)22)23(25)24-16(2)17-12-14-19(26-3)15-13-17/h5-16,21H,4H2,1-3H3,(H,24,25)/t16-,21+/m0/s1. The molecule has 0 bridgehead atoms. The summed E-state index contributed by atoms with van der Waals surface area (Å²) < 4.78 is 11.3. The zero-order valence-electron chi connectivity index (χ0n) is 15.9. The maximum atomic E-state index is 12.8. The molecule has 1 N–H and O–H groups in total. The lowest BCUT2D eigenvalue weighted by Crippen LogP contribution is -2.39. The van der Waals surface area contributed by atoms with Crippen molar-refractivity contribution in [2.75, 3.05) is 7.11 Å². The Morgan fingerprint density at radius 2 is 1.70 bits per heavy atom. The molecule has 3 rings (SSSR count). The summed E-state index contributed by atoms with van der Waals surface area (Å²) in [6.45, 7) is 3.91. The minimum absolute atomic E-state index is 0.117. The van der Waals surface area contributed by atoms with Crippen LogP contribution in [0.1, 0.15) is 31.9 Å². The quantitative estimate of drug-likeness (QED) is 0.650. The first kappa shape index (κ1) is 18.8. The summed E-state index contributed by atoms with van der Waals surface area (Å²) in [7, 11) is 1.64. The summed E-state index contributed by atoms with van der Waals surface area (Å²) >= 11 is 0.